The van der Waals surface area contributed by atoms with Crippen molar-refractivity contribution in [1.29, 1.82) is 5.26 Å². The Morgan fingerprint density at radius 3 is 2.87 bits per heavy atom. The van der Waals surface area contributed by atoms with Crippen molar-refractivity contribution in [1.82, 2.24) is 10.3 Å². The number of carbonyl (C=O) groups is 1. The van der Waals surface area contributed by atoms with Gasteiger partial charge >= 0.3 is 6.09 Å². The van der Waals surface area contributed by atoms with E-state index in [1.54, 1.807) is 24.5 Å². The van der Waals surface area contributed by atoms with Gasteiger partial charge in [0.2, 0.25) is 0 Å². The first-order valence-electron chi connectivity index (χ1n) is 9.83. The van der Waals surface area contributed by atoms with Gasteiger partial charge in [-0.2, -0.15) is 5.26 Å². The van der Waals surface area contributed by atoms with E-state index >= 15 is 0 Å². The molecule has 1 saturated heterocycles. The lowest BCUT2D eigenvalue weighted by atomic mass is 10.0. The third-order valence-corrected chi connectivity index (χ3v) is 4.94. The van der Waals surface area contributed by atoms with E-state index in [-0.39, 0.29) is 18.7 Å². The number of hydrogen-bond acceptors (Lipinski definition) is 7. The summed E-state index contributed by atoms with van der Waals surface area (Å²) in [5.74, 6) is 0. The van der Waals surface area contributed by atoms with Crippen molar-refractivity contribution in [2.45, 2.75) is 44.9 Å². The van der Waals surface area contributed by atoms with Crippen LogP contribution in [0.15, 0.2) is 36.7 Å². The minimum absolute atomic E-state index is 0.0769. The topological polar surface area (TPSA) is 124 Å². The molecule has 1 amide bonds. The summed E-state index contributed by atoms with van der Waals surface area (Å²) in [6.07, 6.45) is 3.31. The fraction of sp³-hybridized carbons (Fsp3) is 0.409. The zero-order chi connectivity index (χ0) is 21.9. The van der Waals surface area contributed by atoms with Crippen LogP contribution in [0.2, 0.25) is 0 Å². The summed E-state index contributed by atoms with van der Waals surface area (Å²) in [5, 5.41) is 22.2. The molecule has 0 saturated carbocycles. The lowest BCUT2D eigenvalue weighted by molar-refractivity contribution is 0.0507. The monoisotopic (exact) mass is 409 g/mol. The van der Waals surface area contributed by atoms with E-state index < -0.39 is 11.7 Å². The summed E-state index contributed by atoms with van der Waals surface area (Å²) >= 11 is 0. The van der Waals surface area contributed by atoms with Gasteiger partial charge in [0, 0.05) is 24.5 Å². The molecule has 1 aliphatic rings. The number of rotatable bonds is 4. The summed E-state index contributed by atoms with van der Waals surface area (Å²) in [5.41, 5.74) is 9.00. The molecular formula is C22H27N5O3. The maximum absolute atomic E-state index is 12.2. The number of nitrogens with zero attached hydrogens (tertiary/aromatic N) is 3. The van der Waals surface area contributed by atoms with Gasteiger partial charge < -0.3 is 25.8 Å². The molecule has 1 fully saturated rings. The van der Waals surface area contributed by atoms with Crippen molar-refractivity contribution in [2.24, 2.45) is 0 Å². The zero-order valence-corrected chi connectivity index (χ0v) is 17.4. The number of hydrogen-bond donors (Lipinski definition) is 3. The molecular weight excluding hydrogens is 382 g/mol. The SMILES string of the molecule is CC(C)(C)OC(=O)NC1CC(CO)N(c2cc(-c3cnccc3C#N)ccc2N)C1. The van der Waals surface area contributed by atoms with Crippen LogP contribution in [-0.4, -0.2) is 47.0 Å². The maximum Gasteiger partial charge on any atom is 0.407 e. The average Bonchev–Trinajstić information content (AvgIpc) is 3.09. The van der Waals surface area contributed by atoms with Crippen molar-refractivity contribution in [2.75, 3.05) is 23.8 Å². The molecule has 30 heavy (non-hydrogen) atoms. The van der Waals surface area contributed by atoms with E-state index in [0.717, 1.165) is 11.3 Å². The molecule has 2 heterocycles. The largest absolute Gasteiger partial charge is 0.444 e. The minimum atomic E-state index is -0.584. The van der Waals surface area contributed by atoms with Gasteiger partial charge in [-0.3, -0.25) is 4.98 Å². The van der Waals surface area contributed by atoms with Crippen molar-refractivity contribution < 1.29 is 14.6 Å². The second-order valence-corrected chi connectivity index (χ2v) is 8.37. The molecule has 0 spiro atoms. The Bertz CT molecular complexity index is 964. The van der Waals surface area contributed by atoms with Crippen LogP contribution in [-0.2, 0) is 4.74 Å². The number of alkyl carbamates (subject to hydrolysis) is 1. The second-order valence-electron chi connectivity index (χ2n) is 8.37. The number of aliphatic hydroxyl groups excluding tert-OH is 1. The Kier molecular flexibility index (Phi) is 6.13. The first-order valence-corrected chi connectivity index (χ1v) is 9.83. The van der Waals surface area contributed by atoms with Crippen LogP contribution in [0.3, 0.4) is 0 Å². The molecule has 2 atom stereocenters. The lowest BCUT2D eigenvalue weighted by Crippen LogP contribution is -2.40. The summed E-state index contributed by atoms with van der Waals surface area (Å²) in [6.45, 7) is 5.83. The number of carbonyl (C=O) groups excluding carboxylic acids is 1. The number of ether oxygens (including phenoxy) is 1. The van der Waals surface area contributed by atoms with Gasteiger partial charge in [-0.15, -0.1) is 0 Å². The number of aromatic nitrogens is 1. The van der Waals surface area contributed by atoms with E-state index in [4.69, 9.17) is 10.5 Å². The lowest BCUT2D eigenvalue weighted by Gasteiger charge is -2.27. The molecule has 0 aliphatic carbocycles. The van der Waals surface area contributed by atoms with Gasteiger partial charge in [0.15, 0.2) is 0 Å². The Hall–Kier alpha value is -3.31. The van der Waals surface area contributed by atoms with E-state index in [0.29, 0.717) is 29.8 Å². The highest BCUT2D eigenvalue weighted by Gasteiger charge is 2.34. The first-order chi connectivity index (χ1) is 14.2. The summed E-state index contributed by atoms with van der Waals surface area (Å²) in [7, 11) is 0. The number of nitrogens with one attached hydrogen (secondary N) is 1. The molecule has 0 radical (unpaired) electrons. The van der Waals surface area contributed by atoms with Gasteiger partial charge in [-0.05, 0) is 51.0 Å². The van der Waals surface area contributed by atoms with E-state index in [9.17, 15) is 15.2 Å². The van der Waals surface area contributed by atoms with Gasteiger partial charge in [0.25, 0.3) is 0 Å². The van der Waals surface area contributed by atoms with Crippen LogP contribution >= 0.6 is 0 Å². The van der Waals surface area contributed by atoms with E-state index in [1.165, 1.54) is 0 Å². The number of nitrogens with two attached hydrogens (primary N) is 1. The molecule has 8 heteroatoms. The van der Waals surface area contributed by atoms with Crippen molar-refractivity contribution in [3.05, 3.63) is 42.2 Å². The highest BCUT2D eigenvalue weighted by Crippen LogP contribution is 2.35. The number of nitriles is 1. The van der Waals surface area contributed by atoms with E-state index in [1.807, 2.05) is 37.8 Å². The number of anilines is 2. The van der Waals surface area contributed by atoms with Crippen LogP contribution in [0.4, 0.5) is 16.2 Å². The standard InChI is InChI=1S/C22H27N5O3/c1-22(2,3)30-21(29)26-16-9-17(13-28)27(12-16)20-8-14(4-5-19(20)24)18-11-25-7-6-15(18)10-23/h4-8,11,16-17,28H,9,12-13,24H2,1-3H3,(H,26,29). The van der Waals surface area contributed by atoms with Crippen LogP contribution in [0.25, 0.3) is 11.1 Å². The summed E-state index contributed by atoms with van der Waals surface area (Å²) in [6, 6.07) is 8.97. The van der Waals surface area contributed by atoms with Crippen molar-refractivity contribution in [3.63, 3.8) is 0 Å². The number of aliphatic hydroxyl groups is 1. The third-order valence-electron chi connectivity index (χ3n) is 4.94. The van der Waals surface area contributed by atoms with Gasteiger partial charge in [-0.25, -0.2) is 4.79 Å². The molecule has 0 bridgehead atoms. The highest BCUT2D eigenvalue weighted by molar-refractivity contribution is 5.79. The average molecular weight is 409 g/mol. The Labute approximate surface area is 176 Å². The van der Waals surface area contributed by atoms with Crippen LogP contribution in [0.1, 0.15) is 32.8 Å². The van der Waals surface area contributed by atoms with Crippen molar-refractivity contribution in [3.8, 4) is 17.2 Å². The molecule has 2 aromatic rings. The van der Waals surface area contributed by atoms with Crippen LogP contribution in [0, 0.1) is 11.3 Å². The second kappa shape index (κ2) is 8.59. The fourth-order valence-corrected chi connectivity index (χ4v) is 3.65. The predicted octanol–water partition coefficient (Wildman–Crippen LogP) is 2.67. The number of pyridine rings is 1. The first kappa shape index (κ1) is 21.4. The summed E-state index contributed by atoms with van der Waals surface area (Å²) < 4.78 is 5.34. The van der Waals surface area contributed by atoms with Gasteiger partial charge in [-0.1, -0.05) is 6.07 Å². The van der Waals surface area contributed by atoms with Gasteiger partial charge in [0.1, 0.15) is 5.60 Å². The quantitative estimate of drug-likeness (QED) is 0.663. The van der Waals surface area contributed by atoms with Gasteiger partial charge in [0.05, 0.1) is 41.7 Å². The highest BCUT2D eigenvalue weighted by atomic mass is 16.6. The van der Waals surface area contributed by atoms with E-state index in [2.05, 4.69) is 16.4 Å². The fourth-order valence-electron chi connectivity index (χ4n) is 3.65. The molecule has 2 unspecified atom stereocenters. The Morgan fingerprint density at radius 2 is 2.20 bits per heavy atom. The molecule has 1 aromatic carbocycles. The molecule has 8 nitrogen and oxygen atoms in total. The minimum Gasteiger partial charge on any atom is -0.444 e. The zero-order valence-electron chi connectivity index (χ0n) is 17.4. The summed E-state index contributed by atoms with van der Waals surface area (Å²) in [4.78, 5) is 18.3. The number of nitrogen functional groups attached to an aromatic ring is 1. The number of benzene rings is 1. The normalized spacial score (nSPS) is 18.7. The maximum atomic E-state index is 12.2. The predicted molar refractivity (Wildman–Crippen MR) is 115 cm³/mol. The Morgan fingerprint density at radius 1 is 1.43 bits per heavy atom. The number of amides is 1. The van der Waals surface area contributed by atoms with Crippen molar-refractivity contribution >= 4 is 17.5 Å². The smallest absolute Gasteiger partial charge is 0.407 e. The third kappa shape index (κ3) is 4.81. The van der Waals surface area contributed by atoms with Crippen LogP contribution in [0.5, 0.6) is 0 Å². The molecule has 3 rings (SSSR count). The molecule has 1 aliphatic heterocycles. The molecule has 4 N–H and O–H groups in total. The Balaban J connectivity index is 1.85. The molecule has 158 valence electrons. The van der Waals surface area contributed by atoms with Crippen LogP contribution < -0.4 is 16.0 Å². The molecule has 1 aromatic heterocycles.